The van der Waals surface area contributed by atoms with Crippen LogP contribution in [0.15, 0.2) is 36.4 Å². The first-order valence-electron chi connectivity index (χ1n) is 10.3. The molecule has 1 aromatic heterocycles. The van der Waals surface area contributed by atoms with E-state index in [0.29, 0.717) is 27.8 Å². The second-order valence-corrected chi connectivity index (χ2v) is 8.84. The SMILES string of the molecule is COc1ccc2nc3cc(Cl)ccc3c([N+](CCCl)(CCCl)C(C)CCCN)c2c1. The van der Waals surface area contributed by atoms with Crippen LogP contribution in [0.5, 0.6) is 5.75 Å². The summed E-state index contributed by atoms with van der Waals surface area (Å²) in [5, 5.41) is 2.78. The molecule has 2 N–H and O–H groups in total. The zero-order chi connectivity index (χ0) is 21.7. The molecule has 2 aromatic carbocycles. The van der Waals surface area contributed by atoms with Crippen molar-refractivity contribution < 1.29 is 4.74 Å². The third kappa shape index (κ3) is 4.49. The molecule has 0 fully saturated rings. The van der Waals surface area contributed by atoms with E-state index in [4.69, 9.17) is 50.3 Å². The van der Waals surface area contributed by atoms with E-state index in [0.717, 1.165) is 53.5 Å². The molecule has 4 nitrogen and oxygen atoms in total. The molecule has 0 saturated heterocycles. The third-order valence-electron chi connectivity index (χ3n) is 6.00. The van der Waals surface area contributed by atoms with Gasteiger partial charge in [0.2, 0.25) is 0 Å². The molecular formula is C23H29Cl3N3O+. The molecule has 0 saturated carbocycles. The van der Waals surface area contributed by atoms with Crippen molar-refractivity contribution in [3.8, 4) is 5.75 Å². The quantitative estimate of drug-likeness (QED) is 0.226. The van der Waals surface area contributed by atoms with Crippen molar-refractivity contribution in [1.29, 1.82) is 0 Å². The Morgan fingerprint density at radius 1 is 1.03 bits per heavy atom. The summed E-state index contributed by atoms with van der Waals surface area (Å²) in [4.78, 5) is 4.89. The van der Waals surface area contributed by atoms with E-state index in [1.165, 1.54) is 5.69 Å². The molecule has 162 valence electrons. The fraction of sp³-hybridized carbons (Fsp3) is 0.435. The predicted octanol–water partition coefficient (Wildman–Crippen LogP) is 5.96. The maximum atomic E-state index is 6.39. The number of hydrogen-bond donors (Lipinski definition) is 1. The molecule has 0 bridgehead atoms. The summed E-state index contributed by atoms with van der Waals surface area (Å²) < 4.78 is 6.21. The van der Waals surface area contributed by atoms with Crippen LogP contribution in [0.1, 0.15) is 19.8 Å². The number of aromatic nitrogens is 1. The van der Waals surface area contributed by atoms with E-state index < -0.39 is 0 Å². The van der Waals surface area contributed by atoms with E-state index in [9.17, 15) is 0 Å². The van der Waals surface area contributed by atoms with Gasteiger partial charge in [-0.15, -0.1) is 23.2 Å². The number of ether oxygens (including phenoxy) is 1. The first-order valence-corrected chi connectivity index (χ1v) is 11.7. The Bertz CT molecular complexity index is 1010. The van der Waals surface area contributed by atoms with Gasteiger partial charge in [-0.1, -0.05) is 11.6 Å². The van der Waals surface area contributed by atoms with Gasteiger partial charge in [0.05, 0.1) is 59.8 Å². The Kier molecular flexibility index (Phi) is 8.05. The molecular weight excluding hydrogens is 441 g/mol. The Balaban J connectivity index is 2.43. The highest BCUT2D eigenvalue weighted by molar-refractivity contribution is 6.31. The summed E-state index contributed by atoms with van der Waals surface area (Å²) in [6.07, 6.45) is 1.93. The summed E-state index contributed by atoms with van der Waals surface area (Å²) in [7, 11) is 1.68. The zero-order valence-corrected chi connectivity index (χ0v) is 19.8. The smallest absolute Gasteiger partial charge is 0.152 e. The number of pyridine rings is 1. The zero-order valence-electron chi connectivity index (χ0n) is 17.5. The van der Waals surface area contributed by atoms with Gasteiger partial charge in [-0.2, -0.15) is 0 Å². The molecule has 0 radical (unpaired) electrons. The van der Waals surface area contributed by atoms with Gasteiger partial charge >= 0.3 is 0 Å². The van der Waals surface area contributed by atoms with Crippen molar-refractivity contribution >= 4 is 62.3 Å². The summed E-state index contributed by atoms with van der Waals surface area (Å²) in [5.74, 6) is 1.84. The Morgan fingerprint density at radius 3 is 2.40 bits per heavy atom. The van der Waals surface area contributed by atoms with Gasteiger partial charge in [-0.25, -0.2) is 4.98 Å². The van der Waals surface area contributed by atoms with Crippen LogP contribution in [-0.2, 0) is 0 Å². The highest BCUT2D eigenvalue weighted by Crippen LogP contribution is 2.42. The van der Waals surface area contributed by atoms with E-state index in [-0.39, 0.29) is 6.04 Å². The van der Waals surface area contributed by atoms with E-state index >= 15 is 0 Å². The summed E-state index contributed by atoms with van der Waals surface area (Å²) >= 11 is 19.1. The van der Waals surface area contributed by atoms with Gasteiger partial charge in [0.25, 0.3) is 0 Å². The molecule has 1 heterocycles. The lowest BCUT2D eigenvalue weighted by atomic mass is 9.99. The summed E-state index contributed by atoms with van der Waals surface area (Å²) in [6.45, 7) is 4.44. The normalized spacial score (nSPS) is 13.1. The van der Waals surface area contributed by atoms with Crippen molar-refractivity contribution in [2.75, 3.05) is 38.5 Å². The Labute approximate surface area is 193 Å². The topological polar surface area (TPSA) is 48.1 Å². The third-order valence-corrected chi connectivity index (χ3v) is 6.57. The van der Waals surface area contributed by atoms with E-state index in [1.54, 1.807) is 7.11 Å². The number of rotatable bonds is 10. The molecule has 3 aromatic rings. The van der Waals surface area contributed by atoms with Gasteiger partial charge in [0, 0.05) is 11.4 Å². The van der Waals surface area contributed by atoms with Crippen LogP contribution in [0.25, 0.3) is 21.8 Å². The first-order chi connectivity index (χ1) is 14.5. The molecule has 0 amide bonds. The highest BCUT2D eigenvalue weighted by atomic mass is 35.5. The molecule has 1 unspecified atom stereocenters. The average molecular weight is 470 g/mol. The lowest BCUT2D eigenvalue weighted by Crippen LogP contribution is -2.58. The van der Waals surface area contributed by atoms with Gasteiger partial charge in [0.1, 0.15) is 5.75 Å². The molecule has 0 aliphatic carbocycles. The number of methoxy groups -OCH3 is 1. The van der Waals surface area contributed by atoms with Crippen LogP contribution in [-0.4, -0.2) is 49.5 Å². The molecule has 0 aliphatic rings. The number of benzene rings is 2. The van der Waals surface area contributed by atoms with E-state index in [1.807, 2.05) is 24.3 Å². The number of hydrogen-bond acceptors (Lipinski definition) is 3. The highest BCUT2D eigenvalue weighted by Gasteiger charge is 2.38. The van der Waals surface area contributed by atoms with Crippen molar-refractivity contribution in [2.45, 2.75) is 25.8 Å². The molecule has 1 atom stereocenters. The van der Waals surface area contributed by atoms with Crippen LogP contribution in [0.2, 0.25) is 5.02 Å². The maximum absolute atomic E-state index is 6.39. The Hall–Kier alpha value is -1.30. The number of fused-ring (bicyclic) bond motifs is 2. The van der Waals surface area contributed by atoms with Crippen LogP contribution in [0.4, 0.5) is 5.69 Å². The van der Waals surface area contributed by atoms with Crippen molar-refractivity contribution in [2.24, 2.45) is 5.73 Å². The predicted molar refractivity (Wildman–Crippen MR) is 132 cm³/mol. The molecule has 0 aliphatic heterocycles. The van der Waals surface area contributed by atoms with Crippen LogP contribution in [0, 0.1) is 0 Å². The largest absolute Gasteiger partial charge is 0.497 e. The second kappa shape index (κ2) is 10.3. The fourth-order valence-electron chi connectivity index (χ4n) is 4.44. The van der Waals surface area contributed by atoms with Gasteiger partial charge in [-0.05, 0) is 56.3 Å². The fourth-order valence-corrected chi connectivity index (χ4v) is 5.21. The van der Waals surface area contributed by atoms with Crippen molar-refractivity contribution in [3.63, 3.8) is 0 Å². The minimum absolute atomic E-state index is 0.279. The molecule has 3 rings (SSSR count). The summed E-state index contributed by atoms with van der Waals surface area (Å²) in [6, 6.07) is 12.2. The van der Waals surface area contributed by atoms with Crippen LogP contribution < -0.4 is 15.0 Å². The number of nitrogens with two attached hydrogens (primary N) is 1. The van der Waals surface area contributed by atoms with Crippen LogP contribution in [0.3, 0.4) is 0 Å². The average Bonchev–Trinajstić information content (AvgIpc) is 2.75. The van der Waals surface area contributed by atoms with Gasteiger partial charge in [0.15, 0.2) is 5.69 Å². The lowest BCUT2D eigenvalue weighted by Gasteiger charge is -2.44. The number of alkyl halides is 2. The Morgan fingerprint density at radius 2 is 1.77 bits per heavy atom. The van der Waals surface area contributed by atoms with Crippen molar-refractivity contribution in [1.82, 2.24) is 9.47 Å². The molecule has 7 heteroatoms. The first kappa shape index (κ1) is 23.4. The minimum Gasteiger partial charge on any atom is -0.497 e. The summed E-state index contributed by atoms with van der Waals surface area (Å²) in [5.41, 5.74) is 8.79. The number of nitrogens with zero attached hydrogens (tertiary/aromatic N) is 2. The van der Waals surface area contributed by atoms with Gasteiger partial charge in [-0.3, -0.25) is 4.48 Å². The van der Waals surface area contributed by atoms with Crippen molar-refractivity contribution in [3.05, 3.63) is 41.4 Å². The number of halogens is 3. The lowest BCUT2D eigenvalue weighted by molar-refractivity contribution is 0.225. The van der Waals surface area contributed by atoms with Gasteiger partial charge < -0.3 is 10.5 Å². The number of quaternary nitrogens is 1. The minimum atomic E-state index is 0.279. The molecule has 30 heavy (non-hydrogen) atoms. The monoisotopic (exact) mass is 468 g/mol. The van der Waals surface area contributed by atoms with Crippen LogP contribution >= 0.6 is 34.8 Å². The van der Waals surface area contributed by atoms with E-state index in [2.05, 4.69) is 19.1 Å². The second-order valence-electron chi connectivity index (χ2n) is 7.64. The standard InChI is InChI=1S/C23H29Cl3N3O/c1-16(4-3-11-27)29(12-9-24,13-10-25)23-19-7-5-17(26)14-22(19)28-21-8-6-18(30-2)15-20(21)23/h5-8,14-16H,3-4,9-13,27H2,1-2H3/q+1. The maximum Gasteiger partial charge on any atom is 0.152 e. The molecule has 0 spiro atoms.